The molecule has 3 nitrogen and oxygen atoms in total. The molecular weight excluding hydrogens is 306 g/mol. The van der Waals surface area contributed by atoms with Crippen molar-refractivity contribution in [3.8, 4) is 0 Å². The zero-order chi connectivity index (χ0) is 13.5. The van der Waals surface area contributed by atoms with Crippen LogP contribution in [0.4, 0.5) is 0 Å². The molecule has 1 heterocycles. The molecule has 2 rings (SSSR count). The van der Waals surface area contributed by atoms with Gasteiger partial charge in [-0.3, -0.25) is 0 Å². The van der Waals surface area contributed by atoms with E-state index >= 15 is 0 Å². The molecular formula is C15H12BrNO2. The van der Waals surface area contributed by atoms with Gasteiger partial charge in [0.1, 0.15) is 11.2 Å². The molecule has 19 heavy (non-hydrogen) atoms. The number of ether oxygens (including phenoxy) is 1. The Morgan fingerprint density at radius 3 is 2.68 bits per heavy atom. The van der Waals surface area contributed by atoms with Crippen LogP contribution in [0.5, 0.6) is 0 Å². The summed E-state index contributed by atoms with van der Waals surface area (Å²) in [4.78, 5) is 15.6. The van der Waals surface area contributed by atoms with Gasteiger partial charge in [-0.2, -0.15) is 0 Å². The van der Waals surface area contributed by atoms with E-state index in [-0.39, 0.29) is 12.6 Å². The van der Waals surface area contributed by atoms with Crippen LogP contribution in [0.25, 0.3) is 6.08 Å². The topological polar surface area (TPSA) is 39.2 Å². The van der Waals surface area contributed by atoms with Crippen molar-refractivity contribution < 1.29 is 9.53 Å². The first-order valence-corrected chi connectivity index (χ1v) is 6.53. The number of carbonyl (C=O) groups excluding carboxylic acids is 1. The fourth-order valence-corrected chi connectivity index (χ4v) is 1.66. The van der Waals surface area contributed by atoms with Crippen LogP contribution >= 0.6 is 15.9 Å². The number of hydrogen-bond donors (Lipinski definition) is 0. The first-order chi connectivity index (χ1) is 9.24. The third-order valence-corrected chi connectivity index (χ3v) is 2.86. The molecule has 1 aromatic heterocycles. The Bertz CT molecular complexity index is 564. The lowest BCUT2D eigenvalue weighted by Gasteiger charge is -2.01. The SMILES string of the molecule is O=C(C=Cc1ccc(Br)nc1)OCc1ccccc1. The van der Waals surface area contributed by atoms with Gasteiger partial charge in [-0.1, -0.05) is 36.4 Å². The van der Waals surface area contributed by atoms with E-state index in [0.29, 0.717) is 0 Å². The van der Waals surface area contributed by atoms with Gasteiger partial charge >= 0.3 is 5.97 Å². The lowest BCUT2D eigenvalue weighted by atomic mass is 10.2. The molecule has 0 saturated carbocycles. The number of pyridine rings is 1. The maximum atomic E-state index is 11.5. The van der Waals surface area contributed by atoms with E-state index in [1.807, 2.05) is 42.5 Å². The number of rotatable bonds is 4. The summed E-state index contributed by atoms with van der Waals surface area (Å²) in [5.74, 6) is -0.369. The molecule has 0 atom stereocenters. The molecule has 1 aromatic carbocycles. The summed E-state index contributed by atoms with van der Waals surface area (Å²) in [5.41, 5.74) is 1.81. The molecule has 0 saturated heterocycles. The summed E-state index contributed by atoms with van der Waals surface area (Å²) in [6.07, 6.45) is 4.74. The summed E-state index contributed by atoms with van der Waals surface area (Å²) in [7, 11) is 0. The van der Waals surface area contributed by atoms with Gasteiger partial charge in [-0.05, 0) is 39.2 Å². The van der Waals surface area contributed by atoms with E-state index in [4.69, 9.17) is 4.74 Å². The predicted octanol–water partition coefficient (Wildman–Crippen LogP) is 3.60. The fourth-order valence-electron chi connectivity index (χ4n) is 1.43. The smallest absolute Gasteiger partial charge is 0.331 e. The molecule has 0 bridgehead atoms. The second-order valence-electron chi connectivity index (χ2n) is 3.84. The maximum absolute atomic E-state index is 11.5. The quantitative estimate of drug-likeness (QED) is 0.491. The van der Waals surface area contributed by atoms with Crippen molar-refractivity contribution in [3.05, 3.63) is 70.5 Å². The standard InChI is InChI=1S/C15H12BrNO2/c16-14-8-6-12(10-17-14)7-9-15(18)19-11-13-4-2-1-3-5-13/h1-10H,11H2. The monoisotopic (exact) mass is 317 g/mol. The maximum Gasteiger partial charge on any atom is 0.331 e. The van der Waals surface area contributed by atoms with Gasteiger partial charge in [0.2, 0.25) is 0 Å². The average Bonchev–Trinajstić information content (AvgIpc) is 2.45. The number of aromatic nitrogens is 1. The molecule has 0 radical (unpaired) electrons. The highest BCUT2D eigenvalue weighted by Crippen LogP contribution is 2.08. The van der Waals surface area contributed by atoms with Crippen molar-refractivity contribution >= 4 is 28.0 Å². The lowest BCUT2D eigenvalue weighted by Crippen LogP contribution is -2.00. The molecule has 0 spiro atoms. The molecule has 0 amide bonds. The summed E-state index contributed by atoms with van der Waals surface area (Å²) in [6, 6.07) is 13.2. The number of benzene rings is 1. The molecule has 4 heteroatoms. The summed E-state index contributed by atoms with van der Waals surface area (Å²) >= 11 is 3.25. The first kappa shape index (κ1) is 13.5. The Morgan fingerprint density at radius 1 is 1.21 bits per heavy atom. The number of carbonyl (C=O) groups is 1. The Morgan fingerprint density at radius 2 is 2.00 bits per heavy atom. The minimum Gasteiger partial charge on any atom is -0.458 e. The van der Waals surface area contributed by atoms with Crippen molar-refractivity contribution in [1.29, 1.82) is 0 Å². The predicted molar refractivity (Wildman–Crippen MR) is 77.2 cm³/mol. The van der Waals surface area contributed by atoms with Crippen molar-refractivity contribution in [1.82, 2.24) is 4.98 Å². The summed E-state index contributed by atoms with van der Waals surface area (Å²) in [5, 5.41) is 0. The van der Waals surface area contributed by atoms with Crippen LogP contribution in [-0.4, -0.2) is 11.0 Å². The third kappa shape index (κ3) is 4.67. The number of halogens is 1. The van der Waals surface area contributed by atoms with Crippen LogP contribution in [0.1, 0.15) is 11.1 Å². The van der Waals surface area contributed by atoms with Gasteiger partial charge in [0, 0.05) is 12.3 Å². The van der Waals surface area contributed by atoms with Crippen LogP contribution in [0.3, 0.4) is 0 Å². The van der Waals surface area contributed by atoms with Gasteiger partial charge in [0.15, 0.2) is 0 Å². The Labute approximate surface area is 120 Å². The number of hydrogen-bond acceptors (Lipinski definition) is 3. The molecule has 0 fully saturated rings. The van der Waals surface area contributed by atoms with Gasteiger partial charge in [0.25, 0.3) is 0 Å². The average molecular weight is 318 g/mol. The minimum absolute atomic E-state index is 0.280. The van der Waals surface area contributed by atoms with Crippen LogP contribution < -0.4 is 0 Å². The third-order valence-electron chi connectivity index (χ3n) is 2.39. The van der Waals surface area contributed by atoms with E-state index in [1.165, 1.54) is 6.08 Å². The zero-order valence-corrected chi connectivity index (χ0v) is 11.7. The molecule has 2 aromatic rings. The molecule has 0 N–H and O–H groups in total. The van der Waals surface area contributed by atoms with Crippen LogP contribution in [0.2, 0.25) is 0 Å². The van der Waals surface area contributed by atoms with Gasteiger partial charge in [-0.15, -0.1) is 0 Å². The van der Waals surface area contributed by atoms with Crippen molar-refractivity contribution in [3.63, 3.8) is 0 Å². The largest absolute Gasteiger partial charge is 0.458 e. The fraction of sp³-hybridized carbons (Fsp3) is 0.0667. The van der Waals surface area contributed by atoms with Crippen LogP contribution in [0.15, 0.2) is 59.3 Å². The van der Waals surface area contributed by atoms with Gasteiger partial charge < -0.3 is 4.74 Å². The molecule has 0 unspecified atom stereocenters. The van der Waals surface area contributed by atoms with Crippen LogP contribution in [0, 0.1) is 0 Å². The van der Waals surface area contributed by atoms with E-state index in [2.05, 4.69) is 20.9 Å². The Hall–Kier alpha value is -1.94. The van der Waals surface area contributed by atoms with Crippen molar-refractivity contribution in [2.75, 3.05) is 0 Å². The molecule has 96 valence electrons. The van der Waals surface area contributed by atoms with Crippen molar-refractivity contribution in [2.24, 2.45) is 0 Å². The number of nitrogens with zero attached hydrogens (tertiary/aromatic N) is 1. The number of esters is 1. The lowest BCUT2D eigenvalue weighted by molar-refractivity contribution is -0.138. The highest BCUT2D eigenvalue weighted by molar-refractivity contribution is 9.10. The molecule has 0 aliphatic carbocycles. The first-order valence-electron chi connectivity index (χ1n) is 5.74. The van der Waals surface area contributed by atoms with E-state index in [9.17, 15) is 4.79 Å². The highest BCUT2D eigenvalue weighted by Gasteiger charge is 1.98. The zero-order valence-electron chi connectivity index (χ0n) is 10.1. The van der Waals surface area contributed by atoms with E-state index in [0.717, 1.165) is 15.7 Å². The van der Waals surface area contributed by atoms with Crippen molar-refractivity contribution in [2.45, 2.75) is 6.61 Å². The second kappa shape index (κ2) is 6.85. The summed E-state index contributed by atoms with van der Waals surface area (Å²) < 4.78 is 5.88. The van der Waals surface area contributed by atoms with E-state index < -0.39 is 0 Å². The Balaban J connectivity index is 1.86. The second-order valence-corrected chi connectivity index (χ2v) is 4.65. The van der Waals surface area contributed by atoms with Gasteiger partial charge in [0.05, 0.1) is 0 Å². The highest BCUT2D eigenvalue weighted by atomic mass is 79.9. The van der Waals surface area contributed by atoms with E-state index in [1.54, 1.807) is 12.3 Å². The normalized spacial score (nSPS) is 10.6. The summed E-state index contributed by atoms with van der Waals surface area (Å²) in [6.45, 7) is 0.280. The van der Waals surface area contributed by atoms with Crippen LogP contribution in [-0.2, 0) is 16.1 Å². The Kier molecular flexibility index (Phi) is 4.86. The molecule has 0 aliphatic heterocycles. The molecule has 0 aliphatic rings. The minimum atomic E-state index is -0.369. The van der Waals surface area contributed by atoms with Gasteiger partial charge in [-0.25, -0.2) is 9.78 Å².